The first-order valence-corrected chi connectivity index (χ1v) is 6.27. The molecule has 0 spiro atoms. The topological polar surface area (TPSA) is 21.3 Å². The van der Waals surface area contributed by atoms with Crippen LogP contribution in [0.1, 0.15) is 38.5 Å². The molecule has 2 nitrogen and oxygen atoms in total. The van der Waals surface area contributed by atoms with Gasteiger partial charge in [-0.3, -0.25) is 0 Å². The van der Waals surface area contributed by atoms with Crippen molar-refractivity contribution in [1.82, 2.24) is 5.32 Å². The molecule has 3 aliphatic rings. The van der Waals surface area contributed by atoms with Gasteiger partial charge in [0.05, 0.1) is 6.10 Å². The third-order valence-electron chi connectivity index (χ3n) is 4.37. The van der Waals surface area contributed by atoms with E-state index in [1.54, 1.807) is 0 Å². The van der Waals surface area contributed by atoms with E-state index in [1.807, 2.05) is 0 Å². The van der Waals surface area contributed by atoms with Gasteiger partial charge in [-0.05, 0) is 43.9 Å². The Morgan fingerprint density at radius 1 is 1.14 bits per heavy atom. The lowest BCUT2D eigenvalue weighted by atomic mass is 9.95. The second-order valence-electron chi connectivity index (χ2n) is 5.32. The molecular weight excluding hydrogens is 174 g/mol. The second-order valence-corrected chi connectivity index (χ2v) is 5.32. The van der Waals surface area contributed by atoms with Crippen molar-refractivity contribution in [1.29, 1.82) is 0 Å². The zero-order chi connectivity index (χ0) is 9.38. The van der Waals surface area contributed by atoms with E-state index in [9.17, 15) is 0 Å². The second kappa shape index (κ2) is 3.82. The Balaban J connectivity index is 1.44. The largest absolute Gasteiger partial charge is 0.377 e. The van der Waals surface area contributed by atoms with E-state index in [4.69, 9.17) is 4.74 Å². The van der Waals surface area contributed by atoms with Gasteiger partial charge >= 0.3 is 0 Å². The van der Waals surface area contributed by atoms with E-state index in [-0.39, 0.29) is 0 Å². The van der Waals surface area contributed by atoms with Gasteiger partial charge in [0.15, 0.2) is 0 Å². The van der Waals surface area contributed by atoms with Crippen LogP contribution in [0.2, 0.25) is 0 Å². The van der Waals surface area contributed by atoms with Crippen LogP contribution in [0.25, 0.3) is 0 Å². The van der Waals surface area contributed by atoms with Gasteiger partial charge < -0.3 is 10.1 Å². The number of hydrogen-bond acceptors (Lipinski definition) is 2. The maximum absolute atomic E-state index is 5.63. The number of ether oxygens (including phenoxy) is 1. The van der Waals surface area contributed by atoms with Crippen molar-refractivity contribution in [2.24, 2.45) is 11.8 Å². The highest BCUT2D eigenvalue weighted by Gasteiger charge is 2.39. The fourth-order valence-electron chi connectivity index (χ4n) is 3.58. The SMILES string of the molecule is C1CO[C@H](CN[C@@H]2C[C@@H]3CC[C@@H]2C3)C1. The van der Waals surface area contributed by atoms with Gasteiger partial charge in [0.1, 0.15) is 0 Å². The minimum Gasteiger partial charge on any atom is -0.377 e. The van der Waals surface area contributed by atoms with E-state index in [0.29, 0.717) is 6.10 Å². The molecule has 0 radical (unpaired) electrons. The first-order valence-electron chi connectivity index (χ1n) is 6.27. The summed E-state index contributed by atoms with van der Waals surface area (Å²) in [6.07, 6.45) is 8.99. The highest BCUT2D eigenvalue weighted by Crippen LogP contribution is 2.44. The molecule has 0 aromatic carbocycles. The van der Waals surface area contributed by atoms with Crippen LogP contribution < -0.4 is 5.32 Å². The van der Waals surface area contributed by atoms with Crippen LogP contribution in [0.4, 0.5) is 0 Å². The third kappa shape index (κ3) is 1.70. The minimum atomic E-state index is 0.522. The zero-order valence-corrected chi connectivity index (χ0v) is 8.87. The van der Waals surface area contributed by atoms with Crippen molar-refractivity contribution < 1.29 is 4.74 Å². The Morgan fingerprint density at radius 2 is 2.14 bits per heavy atom. The lowest BCUT2D eigenvalue weighted by Crippen LogP contribution is -2.38. The molecule has 14 heavy (non-hydrogen) atoms. The Hall–Kier alpha value is -0.0800. The molecule has 0 amide bonds. The summed E-state index contributed by atoms with van der Waals surface area (Å²) in [6, 6.07) is 0.831. The van der Waals surface area contributed by atoms with Gasteiger partial charge in [-0.1, -0.05) is 6.42 Å². The van der Waals surface area contributed by atoms with Gasteiger partial charge in [-0.25, -0.2) is 0 Å². The fourth-order valence-corrected chi connectivity index (χ4v) is 3.58. The predicted octanol–water partition coefficient (Wildman–Crippen LogP) is 1.94. The molecule has 2 aliphatic carbocycles. The molecular formula is C12H21NO. The van der Waals surface area contributed by atoms with E-state index in [0.717, 1.165) is 31.0 Å². The van der Waals surface area contributed by atoms with Crippen LogP contribution in [0, 0.1) is 11.8 Å². The molecule has 1 aliphatic heterocycles. The maximum Gasteiger partial charge on any atom is 0.0700 e. The molecule has 2 saturated carbocycles. The molecule has 2 bridgehead atoms. The molecule has 0 aromatic rings. The van der Waals surface area contributed by atoms with Crippen LogP contribution in [0.3, 0.4) is 0 Å². The van der Waals surface area contributed by atoms with Crippen molar-refractivity contribution in [3.05, 3.63) is 0 Å². The van der Waals surface area contributed by atoms with Crippen LogP contribution >= 0.6 is 0 Å². The molecule has 1 heterocycles. The van der Waals surface area contributed by atoms with Crippen molar-refractivity contribution in [3.63, 3.8) is 0 Å². The molecule has 80 valence electrons. The van der Waals surface area contributed by atoms with Gasteiger partial charge in [-0.2, -0.15) is 0 Å². The number of fused-ring (bicyclic) bond motifs is 2. The van der Waals surface area contributed by atoms with Crippen molar-refractivity contribution in [3.8, 4) is 0 Å². The molecule has 1 saturated heterocycles. The molecule has 0 unspecified atom stereocenters. The van der Waals surface area contributed by atoms with Gasteiger partial charge in [0, 0.05) is 19.2 Å². The first-order chi connectivity index (χ1) is 6.92. The van der Waals surface area contributed by atoms with Gasteiger partial charge in [-0.15, -0.1) is 0 Å². The summed E-state index contributed by atoms with van der Waals surface area (Å²) in [6.45, 7) is 2.09. The Labute approximate surface area is 86.4 Å². The molecule has 0 aromatic heterocycles. The van der Waals surface area contributed by atoms with Crippen molar-refractivity contribution in [2.45, 2.75) is 50.7 Å². The van der Waals surface area contributed by atoms with E-state index >= 15 is 0 Å². The molecule has 2 heteroatoms. The van der Waals surface area contributed by atoms with Crippen LogP contribution in [-0.2, 0) is 4.74 Å². The van der Waals surface area contributed by atoms with E-state index < -0.39 is 0 Å². The third-order valence-corrected chi connectivity index (χ3v) is 4.37. The van der Waals surface area contributed by atoms with Gasteiger partial charge in [0.25, 0.3) is 0 Å². The number of nitrogens with one attached hydrogen (secondary N) is 1. The predicted molar refractivity (Wildman–Crippen MR) is 56.2 cm³/mol. The van der Waals surface area contributed by atoms with Crippen LogP contribution in [0.15, 0.2) is 0 Å². The highest BCUT2D eigenvalue weighted by atomic mass is 16.5. The minimum absolute atomic E-state index is 0.522. The summed E-state index contributed by atoms with van der Waals surface area (Å²) in [5, 5.41) is 3.73. The summed E-state index contributed by atoms with van der Waals surface area (Å²) in [4.78, 5) is 0. The summed E-state index contributed by atoms with van der Waals surface area (Å²) in [5.74, 6) is 2.06. The summed E-state index contributed by atoms with van der Waals surface area (Å²) < 4.78 is 5.63. The average molecular weight is 195 g/mol. The highest BCUT2D eigenvalue weighted by molar-refractivity contribution is 4.94. The summed E-state index contributed by atoms with van der Waals surface area (Å²) in [7, 11) is 0. The van der Waals surface area contributed by atoms with E-state index in [1.165, 1.54) is 38.5 Å². The number of hydrogen-bond donors (Lipinski definition) is 1. The zero-order valence-electron chi connectivity index (χ0n) is 8.87. The van der Waals surface area contributed by atoms with Crippen LogP contribution in [0.5, 0.6) is 0 Å². The van der Waals surface area contributed by atoms with Gasteiger partial charge in [0.2, 0.25) is 0 Å². The smallest absolute Gasteiger partial charge is 0.0700 e. The van der Waals surface area contributed by atoms with E-state index in [2.05, 4.69) is 5.32 Å². The average Bonchev–Trinajstić information content (AvgIpc) is 2.91. The normalized spacial score (nSPS) is 46.3. The lowest BCUT2D eigenvalue weighted by Gasteiger charge is -2.24. The quantitative estimate of drug-likeness (QED) is 0.743. The fraction of sp³-hybridized carbons (Fsp3) is 1.00. The Morgan fingerprint density at radius 3 is 2.79 bits per heavy atom. The Bertz CT molecular complexity index is 200. The van der Waals surface area contributed by atoms with Crippen molar-refractivity contribution >= 4 is 0 Å². The monoisotopic (exact) mass is 195 g/mol. The summed E-state index contributed by atoms with van der Waals surface area (Å²) in [5.41, 5.74) is 0. The lowest BCUT2D eigenvalue weighted by molar-refractivity contribution is 0.105. The first kappa shape index (κ1) is 9.17. The molecule has 3 fully saturated rings. The Kier molecular flexibility index (Phi) is 2.50. The standard InChI is InChI=1S/C12H21NO/c1-2-11(14-5-1)8-13-12-7-9-3-4-10(12)6-9/h9-13H,1-8H2/t9-,10-,11+,12-/m1/s1. The summed E-state index contributed by atoms with van der Waals surface area (Å²) >= 11 is 0. The molecule has 4 atom stereocenters. The van der Waals surface area contributed by atoms with Crippen molar-refractivity contribution in [2.75, 3.05) is 13.2 Å². The molecule has 1 N–H and O–H groups in total. The van der Waals surface area contributed by atoms with Crippen LogP contribution in [-0.4, -0.2) is 25.3 Å². The number of rotatable bonds is 3. The molecule has 3 rings (SSSR count). The maximum atomic E-state index is 5.63.